The fourth-order valence-electron chi connectivity index (χ4n) is 2.07. The van der Waals surface area contributed by atoms with Crippen LogP contribution in [0.25, 0.3) is 0 Å². The van der Waals surface area contributed by atoms with E-state index in [1.165, 1.54) is 11.3 Å². The normalized spacial score (nSPS) is 10.6. The van der Waals surface area contributed by atoms with E-state index in [9.17, 15) is 0 Å². The highest BCUT2D eigenvalue weighted by Crippen LogP contribution is 2.23. The number of ether oxygens (including phenoxy) is 2. The summed E-state index contributed by atoms with van der Waals surface area (Å²) in [7, 11) is 5.29. The molecule has 1 heterocycles. The molecule has 2 aromatic rings. The summed E-state index contributed by atoms with van der Waals surface area (Å²) < 4.78 is 12.5. The third kappa shape index (κ3) is 3.11. The maximum atomic E-state index is 5.36. The molecular weight excluding hydrogens is 254 g/mol. The van der Waals surface area contributed by atoms with Gasteiger partial charge in [0.1, 0.15) is 11.5 Å². The van der Waals surface area contributed by atoms with Gasteiger partial charge in [-0.2, -0.15) is 5.10 Å². The van der Waals surface area contributed by atoms with Gasteiger partial charge in [-0.25, -0.2) is 0 Å². The maximum absolute atomic E-state index is 5.36. The molecule has 5 heteroatoms. The molecule has 1 N–H and O–H groups in total. The summed E-state index contributed by atoms with van der Waals surface area (Å²) in [4.78, 5) is 0. The Morgan fingerprint density at radius 1 is 1.15 bits per heavy atom. The molecule has 1 aromatic heterocycles. The van der Waals surface area contributed by atoms with Crippen LogP contribution in [0.3, 0.4) is 0 Å². The number of rotatable bonds is 6. The highest BCUT2D eigenvalue weighted by molar-refractivity contribution is 5.40. The molecule has 0 aliphatic rings. The lowest BCUT2D eigenvalue weighted by atomic mass is 10.1. The van der Waals surface area contributed by atoms with Gasteiger partial charge < -0.3 is 14.8 Å². The molecule has 0 saturated carbocycles. The molecule has 0 fully saturated rings. The van der Waals surface area contributed by atoms with E-state index in [4.69, 9.17) is 9.47 Å². The Morgan fingerprint density at radius 3 is 2.50 bits per heavy atom. The molecule has 0 unspecified atom stereocenters. The molecule has 0 aliphatic heterocycles. The van der Waals surface area contributed by atoms with Crippen molar-refractivity contribution in [1.29, 1.82) is 0 Å². The number of nitrogens with one attached hydrogen (secondary N) is 1. The van der Waals surface area contributed by atoms with Gasteiger partial charge in [-0.15, -0.1) is 0 Å². The SMILES string of the molecule is COc1ccc(OC)c(CNCc2cnn(C)c2C)c1. The lowest BCUT2D eigenvalue weighted by Crippen LogP contribution is -2.14. The van der Waals surface area contributed by atoms with Crippen molar-refractivity contribution in [3.05, 3.63) is 41.2 Å². The number of aromatic nitrogens is 2. The predicted octanol–water partition coefficient (Wildman–Crippen LogP) is 2.04. The fourth-order valence-corrected chi connectivity index (χ4v) is 2.07. The molecule has 5 nitrogen and oxygen atoms in total. The van der Waals surface area contributed by atoms with Gasteiger partial charge in [0, 0.05) is 37.0 Å². The Bertz CT molecular complexity index is 578. The molecule has 1 aromatic carbocycles. The summed E-state index contributed by atoms with van der Waals surface area (Å²) in [6.07, 6.45) is 1.89. The molecule has 0 atom stereocenters. The molecule has 20 heavy (non-hydrogen) atoms. The average molecular weight is 275 g/mol. The van der Waals surface area contributed by atoms with Gasteiger partial charge >= 0.3 is 0 Å². The Morgan fingerprint density at radius 2 is 1.90 bits per heavy atom. The minimum Gasteiger partial charge on any atom is -0.497 e. The maximum Gasteiger partial charge on any atom is 0.123 e. The van der Waals surface area contributed by atoms with Gasteiger partial charge in [0.2, 0.25) is 0 Å². The van der Waals surface area contributed by atoms with Crippen molar-refractivity contribution < 1.29 is 9.47 Å². The topological polar surface area (TPSA) is 48.3 Å². The van der Waals surface area contributed by atoms with Crippen molar-refractivity contribution in [2.24, 2.45) is 7.05 Å². The zero-order valence-electron chi connectivity index (χ0n) is 12.4. The summed E-state index contributed by atoms with van der Waals surface area (Å²) in [5.41, 5.74) is 3.46. The number of hydrogen-bond acceptors (Lipinski definition) is 4. The molecular formula is C15H21N3O2. The van der Waals surface area contributed by atoms with Crippen LogP contribution in [0.1, 0.15) is 16.8 Å². The first kappa shape index (κ1) is 14.4. The summed E-state index contributed by atoms with van der Waals surface area (Å²) in [5, 5.41) is 7.64. The van der Waals surface area contributed by atoms with Gasteiger partial charge in [0.05, 0.1) is 20.4 Å². The molecule has 0 amide bonds. The molecule has 108 valence electrons. The van der Waals surface area contributed by atoms with Crippen LogP contribution in [0, 0.1) is 6.92 Å². The van der Waals surface area contributed by atoms with Crippen molar-refractivity contribution in [2.45, 2.75) is 20.0 Å². The summed E-state index contributed by atoms with van der Waals surface area (Å²) >= 11 is 0. The first-order chi connectivity index (χ1) is 9.65. The first-order valence-corrected chi connectivity index (χ1v) is 6.54. The van der Waals surface area contributed by atoms with Crippen LogP contribution in [0.5, 0.6) is 11.5 Å². The molecule has 0 saturated heterocycles. The van der Waals surface area contributed by atoms with Gasteiger partial charge in [0.25, 0.3) is 0 Å². The van der Waals surface area contributed by atoms with Crippen LogP contribution in [0.2, 0.25) is 0 Å². The molecule has 0 aliphatic carbocycles. The van der Waals surface area contributed by atoms with Crippen molar-refractivity contribution in [1.82, 2.24) is 15.1 Å². The lowest BCUT2D eigenvalue weighted by Gasteiger charge is -2.11. The van der Waals surface area contributed by atoms with E-state index in [2.05, 4.69) is 17.3 Å². The summed E-state index contributed by atoms with van der Waals surface area (Å²) in [5.74, 6) is 1.70. The number of nitrogens with zero attached hydrogens (tertiary/aromatic N) is 2. The van der Waals surface area contributed by atoms with Crippen LogP contribution in [-0.4, -0.2) is 24.0 Å². The third-order valence-corrected chi connectivity index (χ3v) is 3.46. The zero-order chi connectivity index (χ0) is 14.5. The van der Waals surface area contributed by atoms with Gasteiger partial charge in [0.15, 0.2) is 0 Å². The Balaban J connectivity index is 2.01. The molecule has 0 bridgehead atoms. The Labute approximate surface area is 119 Å². The fraction of sp³-hybridized carbons (Fsp3) is 0.400. The quantitative estimate of drug-likeness (QED) is 0.876. The van der Waals surface area contributed by atoms with Gasteiger partial charge in [-0.05, 0) is 25.1 Å². The standard InChI is InChI=1S/C15H21N3O2/c1-11-13(10-17-18(11)2)9-16-8-12-7-14(19-3)5-6-15(12)20-4/h5-7,10,16H,8-9H2,1-4H3. The van der Waals surface area contributed by atoms with Gasteiger partial charge in [-0.1, -0.05) is 0 Å². The average Bonchev–Trinajstić information content (AvgIpc) is 2.79. The number of methoxy groups -OCH3 is 2. The number of benzene rings is 1. The van der Waals surface area contributed by atoms with Gasteiger partial charge in [-0.3, -0.25) is 4.68 Å². The van der Waals surface area contributed by atoms with Crippen LogP contribution in [-0.2, 0) is 20.1 Å². The van der Waals surface area contributed by atoms with E-state index in [0.29, 0.717) is 6.54 Å². The van der Waals surface area contributed by atoms with Crippen molar-refractivity contribution in [3.8, 4) is 11.5 Å². The van der Waals surface area contributed by atoms with E-state index in [1.807, 2.05) is 36.1 Å². The smallest absolute Gasteiger partial charge is 0.123 e. The second-order valence-electron chi connectivity index (χ2n) is 4.66. The minimum atomic E-state index is 0.717. The largest absolute Gasteiger partial charge is 0.497 e. The Kier molecular flexibility index (Phi) is 4.63. The van der Waals surface area contributed by atoms with E-state index in [0.717, 1.165) is 23.6 Å². The van der Waals surface area contributed by atoms with E-state index >= 15 is 0 Å². The highest BCUT2D eigenvalue weighted by atomic mass is 16.5. The van der Waals surface area contributed by atoms with E-state index in [-0.39, 0.29) is 0 Å². The van der Waals surface area contributed by atoms with E-state index in [1.54, 1.807) is 14.2 Å². The Hall–Kier alpha value is -2.01. The summed E-state index contributed by atoms with van der Waals surface area (Å²) in [6.45, 7) is 3.56. The third-order valence-electron chi connectivity index (χ3n) is 3.46. The second kappa shape index (κ2) is 6.43. The second-order valence-corrected chi connectivity index (χ2v) is 4.66. The van der Waals surface area contributed by atoms with Crippen LogP contribution in [0.15, 0.2) is 24.4 Å². The molecule has 2 rings (SSSR count). The molecule has 0 spiro atoms. The lowest BCUT2D eigenvalue weighted by molar-refractivity contribution is 0.397. The monoisotopic (exact) mass is 275 g/mol. The van der Waals surface area contributed by atoms with Crippen molar-refractivity contribution in [3.63, 3.8) is 0 Å². The number of hydrogen-bond donors (Lipinski definition) is 1. The van der Waals surface area contributed by atoms with Crippen LogP contribution >= 0.6 is 0 Å². The van der Waals surface area contributed by atoms with Crippen molar-refractivity contribution in [2.75, 3.05) is 14.2 Å². The zero-order valence-corrected chi connectivity index (χ0v) is 12.4. The van der Waals surface area contributed by atoms with E-state index < -0.39 is 0 Å². The van der Waals surface area contributed by atoms with Crippen LogP contribution < -0.4 is 14.8 Å². The minimum absolute atomic E-state index is 0.717. The summed E-state index contributed by atoms with van der Waals surface area (Å²) in [6, 6.07) is 5.81. The van der Waals surface area contributed by atoms with Crippen molar-refractivity contribution >= 4 is 0 Å². The number of aryl methyl sites for hydroxylation is 1. The first-order valence-electron chi connectivity index (χ1n) is 6.54. The predicted molar refractivity (Wildman–Crippen MR) is 78.0 cm³/mol. The highest BCUT2D eigenvalue weighted by Gasteiger charge is 2.06. The molecule has 0 radical (unpaired) electrons. The van der Waals surface area contributed by atoms with Crippen LogP contribution in [0.4, 0.5) is 0 Å².